The van der Waals surface area contributed by atoms with E-state index >= 15 is 0 Å². The first-order valence-corrected chi connectivity index (χ1v) is 11.9. The van der Waals surface area contributed by atoms with Crippen molar-refractivity contribution in [3.8, 4) is 0 Å². The van der Waals surface area contributed by atoms with Crippen molar-refractivity contribution >= 4 is 11.9 Å². The Kier molecular flexibility index (Phi) is 4.34. The molecule has 2 spiro atoms. The Morgan fingerprint density at radius 3 is 2.47 bits per heavy atom. The molecule has 0 aromatic carbocycles. The van der Waals surface area contributed by atoms with E-state index in [0.717, 1.165) is 51.4 Å². The number of hydrogen-bond donors (Lipinski definition) is 1. The van der Waals surface area contributed by atoms with E-state index in [4.69, 9.17) is 9.47 Å². The highest BCUT2D eigenvalue weighted by Crippen LogP contribution is 2.75. The largest absolute Gasteiger partial charge is 0.481 e. The summed E-state index contributed by atoms with van der Waals surface area (Å²) < 4.78 is 12.4. The number of esters is 1. The number of carboxylic acids is 1. The fourth-order valence-electron chi connectivity index (χ4n) is 8.81. The summed E-state index contributed by atoms with van der Waals surface area (Å²) in [4.78, 5) is 25.2. The van der Waals surface area contributed by atoms with Gasteiger partial charge in [0.15, 0.2) is 0 Å². The number of allylic oxidation sites excluding steroid dienone is 1. The summed E-state index contributed by atoms with van der Waals surface area (Å²) in [6, 6.07) is 0. The van der Waals surface area contributed by atoms with Gasteiger partial charge in [-0.2, -0.15) is 0 Å². The van der Waals surface area contributed by atoms with Crippen LogP contribution in [0.5, 0.6) is 0 Å². The molecule has 0 radical (unpaired) electrons. The van der Waals surface area contributed by atoms with Crippen LogP contribution in [-0.4, -0.2) is 35.4 Å². The molecule has 5 nitrogen and oxygen atoms in total. The van der Waals surface area contributed by atoms with E-state index in [1.807, 2.05) is 26.8 Å². The zero-order valence-corrected chi connectivity index (χ0v) is 18.8. The van der Waals surface area contributed by atoms with Crippen molar-refractivity contribution in [3.05, 3.63) is 11.6 Å². The lowest BCUT2D eigenvalue weighted by molar-refractivity contribution is -0.199. The molecular weight excluding hydrogens is 380 g/mol. The van der Waals surface area contributed by atoms with Crippen molar-refractivity contribution in [3.63, 3.8) is 0 Å². The van der Waals surface area contributed by atoms with Gasteiger partial charge in [0.05, 0.1) is 12.0 Å². The van der Waals surface area contributed by atoms with Crippen molar-refractivity contribution in [2.45, 2.75) is 90.8 Å². The maximum Gasteiger partial charge on any atom is 0.333 e. The molecule has 8 atom stereocenters. The van der Waals surface area contributed by atoms with E-state index in [0.29, 0.717) is 24.0 Å². The SMILES string of the molecule is C/C=C(/C)C(=O)O[C@@H]1[C@@]23CC[C@H]4[C@@](C)(CCC[C@]4(C)C(=O)O)[C@@H]2CC[C@H](C3)[C@]12CO2. The van der Waals surface area contributed by atoms with Crippen LogP contribution in [0.15, 0.2) is 11.6 Å². The minimum absolute atomic E-state index is 0.0185. The van der Waals surface area contributed by atoms with Crippen LogP contribution in [0, 0.1) is 34.0 Å². The molecule has 1 saturated heterocycles. The third kappa shape index (κ3) is 2.39. The highest BCUT2D eigenvalue weighted by atomic mass is 16.6. The number of carbonyl (C=O) groups is 2. The lowest BCUT2D eigenvalue weighted by Crippen LogP contribution is -2.61. The van der Waals surface area contributed by atoms with Gasteiger partial charge >= 0.3 is 11.9 Å². The van der Waals surface area contributed by atoms with Gasteiger partial charge in [-0.05, 0) is 88.9 Å². The van der Waals surface area contributed by atoms with Crippen molar-refractivity contribution in [1.82, 2.24) is 0 Å². The fourth-order valence-corrected chi connectivity index (χ4v) is 8.81. The number of aliphatic carboxylic acids is 1. The monoisotopic (exact) mass is 416 g/mol. The van der Waals surface area contributed by atoms with Gasteiger partial charge in [0.2, 0.25) is 0 Å². The smallest absolute Gasteiger partial charge is 0.333 e. The molecule has 5 fully saturated rings. The molecule has 30 heavy (non-hydrogen) atoms. The standard InChI is InChI=1S/C25H36O5/c1-5-15(2)19(26)30-20-24-12-9-17-22(3,10-6-11-23(17,4)21(27)28)18(24)8-7-16(13-24)25(20)14-29-25/h5,16-18,20H,6-14H2,1-4H3,(H,27,28)/b15-5-/t16-,17+,18+,20-,22-,23+,24-,25-/m1/s1. The topological polar surface area (TPSA) is 76.1 Å². The number of carbonyl (C=O) groups excluding carboxylic acids is 1. The molecule has 1 heterocycles. The molecule has 0 aromatic rings. The van der Waals surface area contributed by atoms with Gasteiger partial charge in [0.1, 0.15) is 11.7 Å². The molecule has 5 aliphatic rings. The number of rotatable bonds is 3. The maximum atomic E-state index is 12.8. The molecule has 166 valence electrons. The van der Waals surface area contributed by atoms with Crippen LogP contribution < -0.4 is 0 Å². The molecule has 0 aromatic heterocycles. The Morgan fingerprint density at radius 2 is 1.83 bits per heavy atom. The summed E-state index contributed by atoms with van der Waals surface area (Å²) in [6.45, 7) is 8.73. The van der Waals surface area contributed by atoms with Crippen LogP contribution in [-0.2, 0) is 19.1 Å². The third-order valence-corrected chi connectivity index (χ3v) is 10.4. The van der Waals surface area contributed by atoms with E-state index in [1.165, 1.54) is 0 Å². The molecule has 5 rings (SSSR count). The van der Waals surface area contributed by atoms with Crippen LogP contribution >= 0.6 is 0 Å². The Bertz CT molecular complexity index is 812. The van der Waals surface area contributed by atoms with Gasteiger partial charge in [-0.3, -0.25) is 4.79 Å². The third-order valence-electron chi connectivity index (χ3n) is 10.4. The predicted octanol–water partition coefficient (Wildman–Crippen LogP) is 4.74. The zero-order chi connectivity index (χ0) is 21.5. The summed E-state index contributed by atoms with van der Waals surface area (Å²) in [5.74, 6) is 0.194. The molecule has 0 unspecified atom stereocenters. The molecule has 5 heteroatoms. The van der Waals surface area contributed by atoms with Gasteiger partial charge in [-0.15, -0.1) is 0 Å². The minimum atomic E-state index is -0.647. The molecule has 2 bridgehead atoms. The Labute approximate surface area is 179 Å². The van der Waals surface area contributed by atoms with Crippen LogP contribution in [0.1, 0.15) is 79.1 Å². The first kappa shape index (κ1) is 20.5. The van der Waals surface area contributed by atoms with E-state index in [-0.39, 0.29) is 34.4 Å². The summed E-state index contributed by atoms with van der Waals surface area (Å²) in [7, 11) is 0. The minimum Gasteiger partial charge on any atom is -0.481 e. The van der Waals surface area contributed by atoms with Crippen LogP contribution in [0.2, 0.25) is 0 Å². The Morgan fingerprint density at radius 1 is 1.10 bits per heavy atom. The van der Waals surface area contributed by atoms with Crippen LogP contribution in [0.4, 0.5) is 0 Å². The number of fused-ring (bicyclic) bond motifs is 4. The van der Waals surface area contributed by atoms with Gasteiger partial charge < -0.3 is 14.6 Å². The molecule has 0 amide bonds. The van der Waals surface area contributed by atoms with Crippen molar-refractivity contribution < 1.29 is 24.2 Å². The average Bonchev–Trinajstić information content (AvgIpc) is 3.49. The first-order chi connectivity index (χ1) is 14.1. The molecule has 4 aliphatic carbocycles. The number of ether oxygens (including phenoxy) is 2. The Balaban J connectivity index is 1.55. The Hall–Kier alpha value is -1.36. The van der Waals surface area contributed by atoms with Gasteiger partial charge in [-0.1, -0.05) is 19.4 Å². The number of carboxylic acid groups (broad SMARTS) is 1. The fraction of sp³-hybridized carbons (Fsp3) is 0.840. The lowest BCUT2D eigenvalue weighted by atomic mass is 9.40. The van der Waals surface area contributed by atoms with E-state index in [9.17, 15) is 14.7 Å². The van der Waals surface area contributed by atoms with Crippen molar-refractivity contribution in [2.75, 3.05) is 6.61 Å². The summed E-state index contributed by atoms with van der Waals surface area (Å²) in [6.07, 6.45) is 9.59. The second-order valence-corrected chi connectivity index (χ2v) is 11.4. The highest BCUT2D eigenvalue weighted by molar-refractivity contribution is 5.88. The second kappa shape index (κ2) is 6.34. The predicted molar refractivity (Wildman–Crippen MR) is 112 cm³/mol. The first-order valence-electron chi connectivity index (χ1n) is 11.9. The van der Waals surface area contributed by atoms with Gasteiger partial charge in [-0.25, -0.2) is 4.79 Å². The van der Waals surface area contributed by atoms with Crippen LogP contribution in [0.25, 0.3) is 0 Å². The van der Waals surface area contributed by atoms with Gasteiger partial charge in [0.25, 0.3) is 0 Å². The summed E-state index contributed by atoms with van der Waals surface area (Å²) in [5.41, 5.74) is -0.366. The maximum absolute atomic E-state index is 12.8. The molecule has 4 saturated carbocycles. The van der Waals surface area contributed by atoms with Crippen molar-refractivity contribution in [1.29, 1.82) is 0 Å². The second-order valence-electron chi connectivity index (χ2n) is 11.4. The molecular formula is C25H36O5. The normalized spacial score (nSPS) is 51.8. The van der Waals surface area contributed by atoms with Crippen LogP contribution in [0.3, 0.4) is 0 Å². The summed E-state index contributed by atoms with van der Waals surface area (Å²) in [5, 5.41) is 10.1. The highest BCUT2D eigenvalue weighted by Gasteiger charge is 2.78. The quantitative estimate of drug-likeness (QED) is 0.408. The van der Waals surface area contributed by atoms with Gasteiger partial charge in [0, 0.05) is 11.0 Å². The lowest BCUT2D eigenvalue weighted by Gasteiger charge is -2.63. The number of hydrogen-bond acceptors (Lipinski definition) is 4. The molecule has 1 N–H and O–H groups in total. The van der Waals surface area contributed by atoms with E-state index in [2.05, 4.69) is 6.92 Å². The van der Waals surface area contributed by atoms with E-state index < -0.39 is 11.4 Å². The summed E-state index contributed by atoms with van der Waals surface area (Å²) >= 11 is 0. The van der Waals surface area contributed by atoms with Crippen molar-refractivity contribution in [2.24, 2.45) is 34.0 Å². The average molecular weight is 417 g/mol. The molecule has 1 aliphatic heterocycles. The zero-order valence-electron chi connectivity index (χ0n) is 18.8. The number of epoxide rings is 1. The van der Waals surface area contributed by atoms with E-state index in [1.54, 1.807) is 0 Å².